The van der Waals surface area contributed by atoms with Gasteiger partial charge in [-0.3, -0.25) is 15.0 Å². The SMILES string of the molecule is CCN(c1nc(OC[C@@]23CCCN2C[C@H](F)C3)nc2c(F)c(-c3ccc(F)c4sc(NC(=O)OC(C)(C)C)c(C#N)c34)c(C(F)(F)F)cc12)[C@H]1C[C@H]2CCC(=O)N2C1. The van der Waals surface area contributed by atoms with Crippen LogP contribution in [0.2, 0.25) is 0 Å². The number of ether oxygens (including phenoxy) is 2. The summed E-state index contributed by atoms with van der Waals surface area (Å²) in [6.45, 7) is 7.96. The Kier molecular flexibility index (Phi) is 9.93. The van der Waals surface area contributed by atoms with E-state index in [1.807, 2.05) is 11.0 Å². The van der Waals surface area contributed by atoms with Crippen LogP contribution in [0.15, 0.2) is 18.2 Å². The maximum absolute atomic E-state index is 17.5. The lowest BCUT2D eigenvalue weighted by atomic mass is 9.92. The molecule has 11 nitrogen and oxygen atoms in total. The zero-order valence-corrected chi connectivity index (χ0v) is 33.1. The van der Waals surface area contributed by atoms with E-state index < -0.39 is 69.0 Å². The molecule has 1 N–H and O–H groups in total. The monoisotopic (exact) mass is 829 g/mol. The topological polar surface area (TPSA) is 124 Å². The van der Waals surface area contributed by atoms with Crippen LogP contribution in [0, 0.1) is 23.0 Å². The van der Waals surface area contributed by atoms with E-state index in [4.69, 9.17) is 9.47 Å². The number of carbonyl (C=O) groups excluding carboxylic acids is 2. The first kappa shape index (κ1) is 39.9. The van der Waals surface area contributed by atoms with Crippen molar-refractivity contribution in [1.29, 1.82) is 5.26 Å². The van der Waals surface area contributed by atoms with Crippen molar-refractivity contribution in [2.24, 2.45) is 0 Å². The highest BCUT2D eigenvalue weighted by atomic mass is 32.1. The van der Waals surface area contributed by atoms with Gasteiger partial charge in [0.2, 0.25) is 5.91 Å². The van der Waals surface area contributed by atoms with Gasteiger partial charge >= 0.3 is 18.3 Å². The van der Waals surface area contributed by atoms with Crippen LogP contribution in [0.25, 0.3) is 32.1 Å². The number of halogens is 6. The van der Waals surface area contributed by atoms with E-state index in [2.05, 4.69) is 15.3 Å². The number of nitrogens with zero attached hydrogens (tertiary/aromatic N) is 6. The van der Waals surface area contributed by atoms with Gasteiger partial charge in [0, 0.05) is 60.9 Å². The Labute approximate surface area is 333 Å². The minimum absolute atomic E-state index is 0.0153. The van der Waals surface area contributed by atoms with Crippen molar-refractivity contribution in [3.05, 3.63) is 41.0 Å². The molecular weight excluding hydrogens is 789 g/mol. The standard InChI is InChI=1S/C40H41F6N7O4S/c1-5-52(22-13-21-7-10-28(54)53(21)18-22)34-24-14-26(40(44,45)46)30(31(43)32(24)48-36(49-34)56-19-39-11-6-12-51(39)17-20(41)15-39)23-8-9-27(42)33-29(23)25(16-47)35(58-33)50-37(55)57-38(2,3)4/h8-9,14,20-22H,5-7,10-13,15,17-19H2,1-4H3,(H,50,55)/t20-,21-,22+,39+/m1/s1. The first-order valence-electron chi connectivity index (χ1n) is 19.3. The average Bonchev–Trinajstić information content (AvgIpc) is 3.95. The van der Waals surface area contributed by atoms with E-state index in [-0.39, 0.29) is 76.4 Å². The highest BCUT2D eigenvalue weighted by molar-refractivity contribution is 7.23. The summed E-state index contributed by atoms with van der Waals surface area (Å²) in [7, 11) is 0. The predicted molar refractivity (Wildman–Crippen MR) is 205 cm³/mol. The van der Waals surface area contributed by atoms with E-state index in [1.54, 1.807) is 37.5 Å². The van der Waals surface area contributed by atoms with Crippen molar-refractivity contribution in [2.75, 3.05) is 43.0 Å². The first-order chi connectivity index (χ1) is 27.4. The molecule has 4 fully saturated rings. The molecule has 2 amide bonds. The zero-order chi connectivity index (χ0) is 41.5. The highest BCUT2D eigenvalue weighted by Gasteiger charge is 2.50. The van der Waals surface area contributed by atoms with Crippen LogP contribution in [0.3, 0.4) is 0 Å². The second-order valence-corrected chi connectivity index (χ2v) is 17.5. The number of alkyl halides is 4. The molecular formula is C40H41F6N7O4S. The second kappa shape index (κ2) is 14.4. The Morgan fingerprint density at radius 3 is 2.66 bits per heavy atom. The first-order valence-corrected chi connectivity index (χ1v) is 20.1. The van der Waals surface area contributed by atoms with Crippen molar-refractivity contribution < 1.29 is 45.4 Å². The Balaban J connectivity index is 1.32. The van der Waals surface area contributed by atoms with E-state index >= 15 is 22.0 Å². The number of aromatic nitrogens is 2. The largest absolute Gasteiger partial charge is 0.461 e. The number of hydrogen-bond donors (Lipinski definition) is 1. The van der Waals surface area contributed by atoms with Crippen molar-refractivity contribution in [3.8, 4) is 23.2 Å². The third-order valence-corrected chi connectivity index (χ3v) is 12.8. The molecule has 4 aliphatic heterocycles. The van der Waals surface area contributed by atoms with E-state index in [0.717, 1.165) is 24.6 Å². The Morgan fingerprint density at radius 1 is 1.19 bits per heavy atom. The summed E-state index contributed by atoms with van der Waals surface area (Å²) >= 11 is 0.596. The lowest BCUT2D eigenvalue weighted by Crippen LogP contribution is -2.43. The molecule has 4 aromatic rings. The molecule has 0 unspecified atom stereocenters. The third kappa shape index (κ3) is 6.93. The fraction of sp³-hybridized carbons (Fsp3) is 0.525. The van der Waals surface area contributed by atoms with Crippen molar-refractivity contribution in [3.63, 3.8) is 0 Å². The fourth-order valence-corrected chi connectivity index (χ4v) is 10.4. The predicted octanol–water partition coefficient (Wildman–Crippen LogP) is 8.57. The Morgan fingerprint density at radius 2 is 1.97 bits per heavy atom. The molecule has 6 heterocycles. The molecule has 18 heteroatoms. The maximum Gasteiger partial charge on any atom is 0.417 e. The molecule has 58 heavy (non-hydrogen) atoms. The summed E-state index contributed by atoms with van der Waals surface area (Å²) in [6, 6.07) is 3.69. The summed E-state index contributed by atoms with van der Waals surface area (Å²) < 4.78 is 105. The molecule has 0 radical (unpaired) electrons. The minimum atomic E-state index is -5.19. The third-order valence-electron chi connectivity index (χ3n) is 11.7. The van der Waals surface area contributed by atoms with Gasteiger partial charge in [-0.05, 0) is 77.6 Å². The number of anilines is 2. The van der Waals surface area contributed by atoms with E-state index in [9.17, 15) is 19.2 Å². The zero-order valence-electron chi connectivity index (χ0n) is 32.2. The maximum atomic E-state index is 17.5. The van der Waals surface area contributed by atoms with Crippen molar-refractivity contribution in [1.82, 2.24) is 19.8 Å². The van der Waals surface area contributed by atoms with E-state index in [0.29, 0.717) is 50.1 Å². The van der Waals surface area contributed by atoms with Gasteiger partial charge < -0.3 is 19.3 Å². The smallest absolute Gasteiger partial charge is 0.417 e. The number of nitrogens with one attached hydrogen (secondary N) is 1. The van der Waals surface area contributed by atoms with Crippen LogP contribution in [0.1, 0.15) is 77.3 Å². The molecule has 0 saturated carbocycles. The Bertz CT molecular complexity index is 2380. The summed E-state index contributed by atoms with van der Waals surface area (Å²) in [6.07, 6.45) is -4.01. The van der Waals surface area contributed by atoms with E-state index in [1.165, 1.54) is 0 Å². The molecule has 4 saturated heterocycles. The number of benzene rings is 2. The number of amides is 2. The summed E-state index contributed by atoms with van der Waals surface area (Å²) in [5.74, 6) is -2.39. The molecule has 8 rings (SSSR count). The molecule has 0 spiro atoms. The number of likely N-dealkylation sites (N-methyl/N-ethyl adjacent to an activating group) is 1. The molecule has 0 aliphatic carbocycles. The van der Waals surface area contributed by atoms with Gasteiger partial charge in [0.05, 0.1) is 21.4 Å². The van der Waals surface area contributed by atoms with Crippen LogP contribution in [-0.2, 0) is 15.7 Å². The second-order valence-electron chi connectivity index (χ2n) is 16.5. The Hall–Kier alpha value is -4.89. The molecule has 2 aromatic heterocycles. The lowest BCUT2D eigenvalue weighted by molar-refractivity contribution is -0.137. The summed E-state index contributed by atoms with van der Waals surface area (Å²) in [4.78, 5) is 39.9. The van der Waals surface area contributed by atoms with Crippen LogP contribution in [-0.4, -0.2) is 93.9 Å². The molecule has 2 aromatic carbocycles. The molecule has 4 atom stereocenters. The van der Waals surface area contributed by atoms with Crippen LogP contribution < -0.4 is 15.0 Å². The minimum Gasteiger partial charge on any atom is -0.461 e. The van der Waals surface area contributed by atoms with Crippen molar-refractivity contribution >= 4 is 55.1 Å². The normalized spacial score (nSPS) is 23.4. The van der Waals surface area contributed by atoms with Gasteiger partial charge in [0.15, 0.2) is 5.82 Å². The number of carbonyl (C=O) groups is 2. The molecule has 4 aliphatic rings. The summed E-state index contributed by atoms with van der Waals surface area (Å²) in [5, 5.41) is 11.9. The van der Waals surface area contributed by atoms with Gasteiger partial charge in [-0.1, -0.05) is 6.07 Å². The van der Waals surface area contributed by atoms with Crippen LogP contribution >= 0.6 is 11.3 Å². The number of thiophene rings is 1. The quantitative estimate of drug-likeness (QED) is 0.174. The number of hydrogen-bond acceptors (Lipinski definition) is 10. The van der Waals surface area contributed by atoms with Gasteiger partial charge in [-0.15, -0.1) is 11.3 Å². The van der Waals surface area contributed by atoms with Gasteiger partial charge in [-0.2, -0.15) is 28.4 Å². The van der Waals surface area contributed by atoms with Gasteiger partial charge in [-0.25, -0.2) is 18.0 Å². The van der Waals surface area contributed by atoms with Crippen LogP contribution in [0.5, 0.6) is 6.01 Å². The fourth-order valence-electron chi connectivity index (χ4n) is 9.29. The van der Waals surface area contributed by atoms with Gasteiger partial charge in [0.25, 0.3) is 0 Å². The van der Waals surface area contributed by atoms with Crippen molar-refractivity contribution in [2.45, 2.75) is 102 Å². The summed E-state index contributed by atoms with van der Waals surface area (Å²) in [5.41, 5.74) is -5.41. The number of rotatable bonds is 8. The number of nitriles is 1. The molecule has 308 valence electrons. The van der Waals surface area contributed by atoms with Gasteiger partial charge in [0.1, 0.15) is 46.6 Å². The highest BCUT2D eigenvalue weighted by Crippen LogP contribution is 2.49. The average molecular weight is 830 g/mol. The van der Waals surface area contributed by atoms with Crippen LogP contribution in [0.4, 0.5) is 42.0 Å². The number of fused-ring (bicyclic) bond motifs is 4. The lowest BCUT2D eigenvalue weighted by Gasteiger charge is -2.32. The molecule has 0 bridgehead atoms.